The van der Waals surface area contributed by atoms with Gasteiger partial charge >= 0.3 is 6.03 Å². The summed E-state index contributed by atoms with van der Waals surface area (Å²) in [7, 11) is -3.72. The van der Waals surface area contributed by atoms with Crippen LogP contribution >= 0.6 is 0 Å². The molecule has 1 aliphatic heterocycles. The quantitative estimate of drug-likeness (QED) is 0.669. The molecule has 8 nitrogen and oxygen atoms in total. The Balaban J connectivity index is 1.42. The minimum atomic E-state index is -3.72. The maximum atomic E-state index is 12.8. The van der Waals surface area contributed by atoms with Crippen LogP contribution in [0.4, 0.5) is 10.5 Å². The first-order valence-electron chi connectivity index (χ1n) is 8.71. The molecule has 4 rings (SSSR count). The molecular weight excluding hydrogens is 394 g/mol. The number of hydrogen-bond donors (Lipinski definition) is 2. The molecule has 2 N–H and O–H groups in total. The number of nitrogens with zero attached hydrogens (tertiary/aromatic N) is 1. The number of hydrogen-bond acceptors (Lipinski definition) is 6. The number of urea groups is 1. The molecule has 9 heteroatoms. The number of nitrogens with one attached hydrogen (secondary N) is 2. The smallest absolute Gasteiger partial charge is 0.319 e. The standard InChI is InChI=1S/C20H17N3O5S/c24-20(22-12-14-2-1-9-21-11-14)23-15-3-5-16(6-4-15)29(25,26)17-7-8-18-19(10-17)28-13-27-18/h1-11H,12-13H2,(H2,22,23,24). The van der Waals surface area contributed by atoms with Gasteiger partial charge in [0, 0.05) is 30.7 Å². The van der Waals surface area contributed by atoms with Crippen molar-refractivity contribution in [1.29, 1.82) is 0 Å². The van der Waals surface area contributed by atoms with Crippen molar-refractivity contribution in [3.63, 3.8) is 0 Å². The van der Waals surface area contributed by atoms with Crippen molar-refractivity contribution in [3.05, 3.63) is 72.6 Å². The predicted molar refractivity (Wildman–Crippen MR) is 105 cm³/mol. The molecule has 0 aliphatic carbocycles. The van der Waals surface area contributed by atoms with Crippen LogP contribution in [0.25, 0.3) is 0 Å². The molecule has 148 valence electrons. The summed E-state index contributed by atoms with van der Waals surface area (Å²) in [4.78, 5) is 16.2. The van der Waals surface area contributed by atoms with E-state index in [9.17, 15) is 13.2 Å². The Morgan fingerprint density at radius 1 is 1.00 bits per heavy atom. The highest BCUT2D eigenvalue weighted by molar-refractivity contribution is 7.91. The molecule has 0 saturated carbocycles. The number of anilines is 1. The molecule has 2 heterocycles. The van der Waals surface area contributed by atoms with E-state index in [2.05, 4.69) is 15.6 Å². The zero-order valence-electron chi connectivity index (χ0n) is 15.2. The van der Waals surface area contributed by atoms with E-state index in [1.165, 1.54) is 36.4 Å². The van der Waals surface area contributed by atoms with Gasteiger partial charge in [-0.05, 0) is 48.0 Å². The van der Waals surface area contributed by atoms with Gasteiger partial charge in [-0.3, -0.25) is 4.98 Å². The van der Waals surface area contributed by atoms with E-state index in [0.717, 1.165) is 5.56 Å². The van der Waals surface area contributed by atoms with Crippen LogP contribution in [0.2, 0.25) is 0 Å². The lowest BCUT2D eigenvalue weighted by Crippen LogP contribution is -2.28. The number of benzene rings is 2. The fraction of sp³-hybridized carbons (Fsp3) is 0.100. The summed E-state index contributed by atoms with van der Waals surface area (Å²) in [6, 6.07) is 13.7. The van der Waals surface area contributed by atoms with E-state index in [-0.39, 0.29) is 16.6 Å². The summed E-state index contributed by atoms with van der Waals surface area (Å²) >= 11 is 0. The second kappa shape index (κ2) is 7.80. The van der Waals surface area contributed by atoms with Crippen LogP contribution in [-0.2, 0) is 16.4 Å². The Morgan fingerprint density at radius 3 is 2.52 bits per heavy atom. The molecule has 0 unspecified atom stereocenters. The molecule has 1 aliphatic rings. The van der Waals surface area contributed by atoms with Gasteiger partial charge in [0.05, 0.1) is 9.79 Å². The highest BCUT2D eigenvalue weighted by Gasteiger charge is 2.22. The maximum absolute atomic E-state index is 12.8. The molecule has 0 fully saturated rings. The van der Waals surface area contributed by atoms with Crippen LogP contribution in [0.3, 0.4) is 0 Å². The average molecular weight is 411 g/mol. The van der Waals surface area contributed by atoms with E-state index in [1.54, 1.807) is 24.5 Å². The number of rotatable bonds is 5. The van der Waals surface area contributed by atoms with Crippen molar-refractivity contribution >= 4 is 21.6 Å². The monoisotopic (exact) mass is 411 g/mol. The summed E-state index contributed by atoms with van der Waals surface area (Å²) in [5.74, 6) is 0.912. The lowest BCUT2D eigenvalue weighted by molar-refractivity contribution is 0.174. The number of amides is 2. The number of pyridine rings is 1. The predicted octanol–water partition coefficient (Wildman–Crippen LogP) is 2.96. The van der Waals surface area contributed by atoms with E-state index in [0.29, 0.717) is 23.7 Å². The Labute approximate surface area is 167 Å². The third-order valence-electron chi connectivity index (χ3n) is 4.25. The van der Waals surface area contributed by atoms with Crippen molar-refractivity contribution in [1.82, 2.24) is 10.3 Å². The highest BCUT2D eigenvalue weighted by Crippen LogP contribution is 2.35. The van der Waals surface area contributed by atoms with Gasteiger partial charge < -0.3 is 20.1 Å². The molecule has 0 radical (unpaired) electrons. The van der Waals surface area contributed by atoms with Gasteiger partial charge in [0.2, 0.25) is 16.6 Å². The summed E-state index contributed by atoms with van der Waals surface area (Å²) < 4.78 is 36.1. The van der Waals surface area contributed by atoms with Crippen LogP contribution < -0.4 is 20.1 Å². The van der Waals surface area contributed by atoms with Crippen LogP contribution in [0, 0.1) is 0 Å². The summed E-state index contributed by atoms with van der Waals surface area (Å²) in [6.07, 6.45) is 3.32. The second-order valence-corrected chi connectivity index (χ2v) is 8.16. The first-order valence-corrected chi connectivity index (χ1v) is 10.2. The molecule has 3 aromatic rings. The highest BCUT2D eigenvalue weighted by atomic mass is 32.2. The molecule has 0 spiro atoms. The van der Waals surface area contributed by atoms with E-state index >= 15 is 0 Å². The number of fused-ring (bicyclic) bond motifs is 1. The summed E-state index contributed by atoms with van der Waals surface area (Å²) in [6.45, 7) is 0.401. The Hall–Kier alpha value is -3.59. The number of sulfone groups is 1. The summed E-state index contributed by atoms with van der Waals surface area (Å²) in [5, 5.41) is 5.37. The van der Waals surface area contributed by atoms with Crippen molar-refractivity contribution < 1.29 is 22.7 Å². The number of carbonyl (C=O) groups excluding carboxylic acids is 1. The molecule has 0 bridgehead atoms. The van der Waals surface area contributed by atoms with Crippen molar-refractivity contribution in [2.45, 2.75) is 16.3 Å². The SMILES string of the molecule is O=C(NCc1cccnc1)Nc1ccc(S(=O)(=O)c2ccc3c(c2)OCO3)cc1. The maximum Gasteiger partial charge on any atom is 0.319 e. The van der Waals surface area contributed by atoms with Gasteiger partial charge in [-0.25, -0.2) is 13.2 Å². The van der Waals surface area contributed by atoms with Crippen molar-refractivity contribution in [3.8, 4) is 11.5 Å². The van der Waals surface area contributed by atoms with Crippen LogP contribution in [0.15, 0.2) is 76.8 Å². The zero-order valence-corrected chi connectivity index (χ0v) is 16.0. The van der Waals surface area contributed by atoms with Crippen LogP contribution in [-0.4, -0.2) is 26.2 Å². The number of ether oxygens (including phenoxy) is 2. The Bertz CT molecular complexity index is 1130. The molecular formula is C20H17N3O5S. The average Bonchev–Trinajstić information content (AvgIpc) is 3.21. The topological polar surface area (TPSA) is 107 Å². The molecule has 29 heavy (non-hydrogen) atoms. The van der Waals surface area contributed by atoms with Crippen molar-refractivity contribution in [2.24, 2.45) is 0 Å². The number of carbonyl (C=O) groups is 1. The van der Waals surface area contributed by atoms with Crippen LogP contribution in [0.1, 0.15) is 5.56 Å². The number of aromatic nitrogens is 1. The fourth-order valence-electron chi connectivity index (χ4n) is 2.76. The van der Waals surface area contributed by atoms with Gasteiger partial charge in [0.15, 0.2) is 11.5 Å². The van der Waals surface area contributed by atoms with Gasteiger partial charge in [0.25, 0.3) is 0 Å². The first-order chi connectivity index (χ1) is 14.0. The van der Waals surface area contributed by atoms with Gasteiger partial charge in [-0.15, -0.1) is 0 Å². The minimum Gasteiger partial charge on any atom is -0.454 e. The normalized spacial score (nSPS) is 12.4. The third-order valence-corrected chi connectivity index (χ3v) is 6.02. The second-order valence-electron chi connectivity index (χ2n) is 6.21. The summed E-state index contributed by atoms with van der Waals surface area (Å²) in [5.41, 5.74) is 1.34. The largest absolute Gasteiger partial charge is 0.454 e. The first kappa shape index (κ1) is 18.8. The van der Waals surface area contributed by atoms with Gasteiger partial charge in [0.1, 0.15) is 0 Å². The molecule has 2 aromatic carbocycles. The lowest BCUT2D eigenvalue weighted by Gasteiger charge is -2.09. The van der Waals surface area contributed by atoms with E-state index in [1.807, 2.05) is 6.07 Å². The molecule has 0 saturated heterocycles. The Kier molecular flexibility index (Phi) is 5.05. The van der Waals surface area contributed by atoms with Gasteiger partial charge in [-0.1, -0.05) is 6.07 Å². The lowest BCUT2D eigenvalue weighted by atomic mass is 10.3. The van der Waals surface area contributed by atoms with Crippen LogP contribution in [0.5, 0.6) is 11.5 Å². The van der Waals surface area contributed by atoms with E-state index < -0.39 is 15.9 Å². The fourth-order valence-corrected chi connectivity index (χ4v) is 4.03. The molecule has 0 atom stereocenters. The van der Waals surface area contributed by atoms with Crippen molar-refractivity contribution in [2.75, 3.05) is 12.1 Å². The molecule has 2 amide bonds. The zero-order chi connectivity index (χ0) is 20.3. The minimum absolute atomic E-state index is 0.0715. The van der Waals surface area contributed by atoms with E-state index in [4.69, 9.17) is 9.47 Å². The third kappa shape index (κ3) is 4.14. The molecule has 1 aromatic heterocycles. The Morgan fingerprint density at radius 2 is 1.76 bits per heavy atom. The van der Waals surface area contributed by atoms with Gasteiger partial charge in [-0.2, -0.15) is 0 Å².